The number of hydrogen-bond acceptors (Lipinski definition) is 3. The van der Waals surface area contributed by atoms with Crippen molar-refractivity contribution in [1.82, 2.24) is 10.3 Å². The smallest absolute Gasteiger partial charge is 0.258 e. The molecule has 0 radical (unpaired) electrons. The molecule has 0 spiro atoms. The number of benzene rings is 1. The molecule has 0 unspecified atom stereocenters. The number of hydrazine groups is 1. The molecule has 0 atom stereocenters. The Morgan fingerprint density at radius 1 is 1.50 bits per heavy atom. The summed E-state index contributed by atoms with van der Waals surface area (Å²) < 4.78 is 36.1. The molecular formula is C7H7BrFN3O2S2. The molecule has 9 heteroatoms. The second-order valence-corrected chi connectivity index (χ2v) is 5.61. The largest absolute Gasteiger partial charge is 0.375 e. The first-order valence-corrected chi connectivity index (χ1v) is 6.53. The molecule has 1 aromatic carbocycles. The number of hydrogen-bond donors (Lipinski definition) is 3. The average Bonchev–Trinajstić information content (AvgIpc) is 2.14. The third kappa shape index (κ3) is 3.37. The predicted molar refractivity (Wildman–Crippen MR) is 64.3 cm³/mol. The summed E-state index contributed by atoms with van der Waals surface area (Å²) in [5.74, 6) is -0.548. The van der Waals surface area contributed by atoms with Crippen molar-refractivity contribution in [1.29, 1.82) is 0 Å². The van der Waals surface area contributed by atoms with E-state index in [0.29, 0.717) is 0 Å². The Balaban J connectivity index is 3.03. The van der Waals surface area contributed by atoms with E-state index in [9.17, 15) is 12.8 Å². The van der Waals surface area contributed by atoms with Crippen LogP contribution < -0.4 is 16.0 Å². The standard InChI is InChI=1S/C7H7BrFN3O2S2/c8-5-3-4(9)1-2-6(5)16(13,14)12-11-7(10)15/h1-3,12H,(H3,10,11,15). The number of nitrogens with one attached hydrogen (secondary N) is 2. The minimum atomic E-state index is -3.84. The van der Waals surface area contributed by atoms with Crippen molar-refractivity contribution in [2.45, 2.75) is 4.90 Å². The van der Waals surface area contributed by atoms with Crippen LogP contribution in [0.5, 0.6) is 0 Å². The van der Waals surface area contributed by atoms with Gasteiger partial charge in [0.15, 0.2) is 5.11 Å². The molecular weight excluding hydrogens is 321 g/mol. The minimum Gasteiger partial charge on any atom is -0.375 e. The van der Waals surface area contributed by atoms with Crippen molar-refractivity contribution in [3.05, 3.63) is 28.5 Å². The molecule has 1 rings (SSSR count). The van der Waals surface area contributed by atoms with E-state index in [-0.39, 0.29) is 14.5 Å². The first-order valence-electron chi connectivity index (χ1n) is 3.85. The van der Waals surface area contributed by atoms with Gasteiger partial charge in [0, 0.05) is 4.47 Å². The van der Waals surface area contributed by atoms with E-state index in [4.69, 9.17) is 5.73 Å². The number of sulfonamides is 1. The highest BCUT2D eigenvalue weighted by molar-refractivity contribution is 9.10. The fourth-order valence-corrected chi connectivity index (χ4v) is 2.89. The molecule has 0 aliphatic heterocycles. The fraction of sp³-hybridized carbons (Fsp3) is 0. The number of rotatable bonds is 3. The van der Waals surface area contributed by atoms with Gasteiger partial charge in [-0.05, 0) is 46.3 Å². The fourth-order valence-electron chi connectivity index (χ4n) is 0.866. The molecule has 0 aliphatic rings. The summed E-state index contributed by atoms with van der Waals surface area (Å²) >= 11 is 7.37. The van der Waals surface area contributed by atoms with Crippen molar-refractivity contribution >= 4 is 43.3 Å². The number of nitrogens with two attached hydrogens (primary N) is 1. The predicted octanol–water partition coefficient (Wildman–Crippen LogP) is 0.615. The molecule has 5 nitrogen and oxygen atoms in total. The van der Waals surface area contributed by atoms with Crippen LogP contribution in [0.15, 0.2) is 27.6 Å². The van der Waals surface area contributed by atoms with E-state index in [1.807, 2.05) is 4.83 Å². The third-order valence-electron chi connectivity index (χ3n) is 1.49. The summed E-state index contributed by atoms with van der Waals surface area (Å²) in [4.78, 5) is 1.81. The summed E-state index contributed by atoms with van der Waals surface area (Å²) in [5, 5.41) is -0.221. The lowest BCUT2D eigenvalue weighted by Gasteiger charge is -2.09. The minimum absolute atomic E-state index is 0.102. The second-order valence-electron chi connectivity index (χ2n) is 2.67. The van der Waals surface area contributed by atoms with Crippen molar-refractivity contribution in [3.8, 4) is 0 Å². The van der Waals surface area contributed by atoms with Gasteiger partial charge in [0.2, 0.25) is 0 Å². The van der Waals surface area contributed by atoms with E-state index in [1.165, 1.54) is 0 Å². The Labute approximate surface area is 105 Å². The van der Waals surface area contributed by atoms with E-state index >= 15 is 0 Å². The first-order chi connectivity index (χ1) is 7.33. The maximum Gasteiger partial charge on any atom is 0.258 e. The van der Waals surface area contributed by atoms with Crippen LogP contribution >= 0.6 is 28.1 Å². The lowest BCUT2D eigenvalue weighted by Crippen LogP contribution is -2.44. The molecule has 16 heavy (non-hydrogen) atoms. The highest BCUT2D eigenvalue weighted by atomic mass is 79.9. The molecule has 0 heterocycles. The molecule has 4 N–H and O–H groups in total. The van der Waals surface area contributed by atoms with Gasteiger partial charge in [0.05, 0.1) is 4.90 Å². The lowest BCUT2D eigenvalue weighted by atomic mass is 10.3. The van der Waals surface area contributed by atoms with Crippen LogP contribution in [0.2, 0.25) is 0 Å². The van der Waals surface area contributed by atoms with Crippen molar-refractivity contribution < 1.29 is 12.8 Å². The Kier molecular flexibility index (Phi) is 4.19. The summed E-state index contributed by atoms with van der Waals surface area (Å²) in [7, 11) is -3.84. The SMILES string of the molecule is NC(=S)NNS(=O)(=O)c1ccc(F)cc1Br. The van der Waals surface area contributed by atoms with Crippen LogP contribution in [-0.2, 0) is 10.0 Å². The van der Waals surface area contributed by atoms with Crippen molar-refractivity contribution in [2.24, 2.45) is 5.73 Å². The number of thiocarbonyl (C=S) groups is 1. The zero-order valence-electron chi connectivity index (χ0n) is 7.70. The molecule has 0 aromatic heterocycles. The first kappa shape index (κ1) is 13.3. The zero-order chi connectivity index (χ0) is 12.3. The lowest BCUT2D eigenvalue weighted by molar-refractivity contribution is 0.576. The molecule has 88 valence electrons. The van der Waals surface area contributed by atoms with Gasteiger partial charge in [-0.3, -0.25) is 5.43 Å². The topological polar surface area (TPSA) is 84.2 Å². The highest BCUT2D eigenvalue weighted by Gasteiger charge is 2.17. The zero-order valence-corrected chi connectivity index (χ0v) is 10.9. The second kappa shape index (κ2) is 5.04. The average molecular weight is 328 g/mol. The van der Waals surface area contributed by atoms with Crippen LogP contribution in [0.25, 0.3) is 0 Å². The number of halogens is 2. The Bertz CT molecular complexity index is 520. The molecule has 0 saturated heterocycles. The van der Waals surface area contributed by atoms with Crippen molar-refractivity contribution in [3.63, 3.8) is 0 Å². The van der Waals surface area contributed by atoms with E-state index in [0.717, 1.165) is 18.2 Å². The Morgan fingerprint density at radius 3 is 2.62 bits per heavy atom. The van der Waals surface area contributed by atoms with Gasteiger partial charge in [0.25, 0.3) is 10.0 Å². The Hall–Kier alpha value is -0.770. The van der Waals surface area contributed by atoms with Crippen LogP contribution in [0.4, 0.5) is 4.39 Å². The third-order valence-corrected chi connectivity index (χ3v) is 3.82. The molecule has 0 fully saturated rings. The normalized spacial score (nSPS) is 11.1. The summed E-state index contributed by atoms with van der Waals surface area (Å²) in [5.41, 5.74) is 7.14. The molecule has 0 aliphatic carbocycles. The van der Waals surface area contributed by atoms with Crippen molar-refractivity contribution in [2.75, 3.05) is 0 Å². The summed E-state index contributed by atoms with van der Waals surface area (Å²) in [6.45, 7) is 0. The summed E-state index contributed by atoms with van der Waals surface area (Å²) in [6.07, 6.45) is 0. The van der Waals surface area contributed by atoms with Gasteiger partial charge in [-0.2, -0.15) is 0 Å². The molecule has 0 amide bonds. The maximum atomic E-state index is 12.7. The highest BCUT2D eigenvalue weighted by Crippen LogP contribution is 2.22. The van der Waals surface area contributed by atoms with Gasteiger partial charge in [-0.1, -0.05) is 0 Å². The van der Waals surface area contributed by atoms with E-state index < -0.39 is 15.8 Å². The molecule has 0 saturated carbocycles. The molecule has 1 aromatic rings. The van der Waals surface area contributed by atoms with E-state index in [2.05, 4.69) is 33.6 Å². The van der Waals surface area contributed by atoms with Gasteiger partial charge < -0.3 is 5.73 Å². The maximum absolute atomic E-state index is 12.7. The van der Waals surface area contributed by atoms with Crippen LogP contribution in [0.1, 0.15) is 0 Å². The van der Waals surface area contributed by atoms with E-state index in [1.54, 1.807) is 0 Å². The Morgan fingerprint density at radius 2 is 2.12 bits per heavy atom. The van der Waals surface area contributed by atoms with Gasteiger partial charge in [0.1, 0.15) is 5.82 Å². The van der Waals surface area contributed by atoms with Gasteiger partial charge >= 0.3 is 0 Å². The van der Waals surface area contributed by atoms with Gasteiger partial charge in [-0.15, -0.1) is 4.83 Å². The van der Waals surface area contributed by atoms with Crippen LogP contribution in [0, 0.1) is 5.82 Å². The monoisotopic (exact) mass is 327 g/mol. The van der Waals surface area contributed by atoms with Crippen LogP contribution in [-0.4, -0.2) is 13.5 Å². The quantitative estimate of drug-likeness (QED) is 0.559. The van der Waals surface area contributed by atoms with Crippen LogP contribution in [0.3, 0.4) is 0 Å². The van der Waals surface area contributed by atoms with Gasteiger partial charge in [-0.25, -0.2) is 12.8 Å². The summed E-state index contributed by atoms with van der Waals surface area (Å²) in [6, 6.07) is 3.18. The molecule has 0 bridgehead atoms.